The Morgan fingerprint density at radius 3 is 2.31 bits per heavy atom. The molecule has 2 aliphatic rings. The van der Waals surface area contributed by atoms with Crippen molar-refractivity contribution in [3.8, 4) is 0 Å². The molecule has 35 heavy (non-hydrogen) atoms. The normalized spacial score (nSPS) is 19.8. The second-order valence-electron chi connectivity index (χ2n) is 9.41. The zero-order valence-electron chi connectivity index (χ0n) is 19.8. The van der Waals surface area contributed by atoms with E-state index in [2.05, 4.69) is 10.3 Å². The molecule has 0 saturated heterocycles. The van der Waals surface area contributed by atoms with Crippen molar-refractivity contribution in [3.05, 3.63) is 40.9 Å². The van der Waals surface area contributed by atoms with Gasteiger partial charge in [0.1, 0.15) is 6.10 Å². The Kier molecular flexibility index (Phi) is 8.93. The number of carbonyl (C=O) groups is 1. The lowest BCUT2D eigenvalue weighted by atomic mass is 9.97. The summed E-state index contributed by atoms with van der Waals surface area (Å²) in [6, 6.07) is 6.52. The number of nitrogens with one attached hydrogen (secondary N) is 1. The third-order valence-corrected chi connectivity index (χ3v) is 10.2. The smallest absolute Gasteiger partial charge is 0.259 e. The molecule has 2 aliphatic carbocycles. The van der Waals surface area contributed by atoms with Gasteiger partial charge in [-0.05, 0) is 43.4 Å². The van der Waals surface area contributed by atoms with Gasteiger partial charge in [-0.1, -0.05) is 62.0 Å². The van der Waals surface area contributed by atoms with E-state index < -0.39 is 34.6 Å². The third-order valence-electron chi connectivity index (χ3n) is 6.88. The van der Waals surface area contributed by atoms with Gasteiger partial charge in [0.05, 0.1) is 27.7 Å². The van der Waals surface area contributed by atoms with Gasteiger partial charge < -0.3 is 14.9 Å². The minimum Gasteiger partial charge on any atom is -0.393 e. The number of hydrogen-bond donors (Lipinski definition) is 3. The lowest BCUT2D eigenvalue weighted by Crippen LogP contribution is -2.29. The summed E-state index contributed by atoms with van der Waals surface area (Å²) in [5.74, 6) is -0.405. The molecule has 1 amide bonds. The molecule has 2 unspecified atom stereocenters. The Morgan fingerprint density at radius 1 is 1.06 bits per heavy atom. The van der Waals surface area contributed by atoms with Crippen molar-refractivity contribution < 1.29 is 28.2 Å². The Labute approximate surface area is 210 Å². The van der Waals surface area contributed by atoms with E-state index in [9.17, 15) is 18.3 Å². The molecule has 1 aromatic carbocycles. The van der Waals surface area contributed by atoms with Gasteiger partial charge in [0.25, 0.3) is 5.91 Å². The van der Waals surface area contributed by atoms with E-state index in [1.54, 1.807) is 24.3 Å². The van der Waals surface area contributed by atoms with Crippen LogP contribution in [-0.4, -0.2) is 47.5 Å². The van der Waals surface area contributed by atoms with E-state index in [4.69, 9.17) is 9.84 Å². The molecular weight excluding hydrogens is 488 g/mol. The number of aromatic nitrogens is 1. The summed E-state index contributed by atoms with van der Waals surface area (Å²) in [6.45, 7) is -0.431. The van der Waals surface area contributed by atoms with E-state index in [1.165, 1.54) is 6.20 Å². The molecule has 8 nitrogen and oxygen atoms in total. The zero-order chi connectivity index (χ0) is 24.8. The van der Waals surface area contributed by atoms with Crippen LogP contribution in [0.3, 0.4) is 0 Å². The number of sulfone groups is 1. The minimum absolute atomic E-state index is 0.0479. The van der Waals surface area contributed by atoms with Gasteiger partial charge >= 0.3 is 0 Å². The van der Waals surface area contributed by atoms with Gasteiger partial charge in [0.2, 0.25) is 0 Å². The summed E-state index contributed by atoms with van der Waals surface area (Å²) in [7, 11) is -3.40. The first-order valence-corrected chi connectivity index (χ1v) is 14.8. The molecule has 1 aromatic heterocycles. The number of ether oxygens (including phenoxy) is 1. The maximum atomic E-state index is 13.3. The quantitative estimate of drug-likeness (QED) is 0.448. The number of benzene rings is 1. The van der Waals surface area contributed by atoms with Crippen molar-refractivity contribution in [2.75, 3.05) is 11.9 Å². The number of carbonyl (C=O) groups excluding carboxylic acids is 1. The van der Waals surface area contributed by atoms with Crippen LogP contribution in [0.15, 0.2) is 35.4 Å². The topological polar surface area (TPSA) is 126 Å². The summed E-state index contributed by atoms with van der Waals surface area (Å²) >= 11 is 1.09. The monoisotopic (exact) mass is 522 g/mol. The lowest BCUT2D eigenvalue weighted by Gasteiger charge is -2.27. The fraction of sp³-hybridized carbons (Fsp3) is 0.600. The van der Waals surface area contributed by atoms with Crippen LogP contribution in [0, 0.1) is 0 Å². The Balaban J connectivity index is 1.53. The van der Waals surface area contributed by atoms with Crippen LogP contribution in [0.1, 0.15) is 86.9 Å². The summed E-state index contributed by atoms with van der Waals surface area (Å²) in [5, 5.41) is 21.7. The number of amides is 1. The van der Waals surface area contributed by atoms with Crippen LogP contribution in [-0.2, 0) is 19.4 Å². The predicted molar refractivity (Wildman–Crippen MR) is 134 cm³/mol. The Bertz CT molecular complexity index is 1070. The van der Waals surface area contributed by atoms with Crippen molar-refractivity contribution in [1.29, 1.82) is 0 Å². The van der Waals surface area contributed by atoms with Crippen LogP contribution in [0.2, 0.25) is 0 Å². The number of aliphatic hydroxyl groups excluding tert-OH is 2. The second-order valence-corrected chi connectivity index (χ2v) is 12.7. The fourth-order valence-electron chi connectivity index (χ4n) is 4.84. The fourth-order valence-corrected chi connectivity index (χ4v) is 7.50. The number of thiazole rings is 1. The second kappa shape index (κ2) is 11.9. The van der Waals surface area contributed by atoms with E-state index in [-0.39, 0.29) is 16.2 Å². The van der Waals surface area contributed by atoms with Crippen molar-refractivity contribution in [2.24, 2.45) is 0 Å². The molecule has 192 valence electrons. The average Bonchev–Trinajstić information content (AvgIpc) is 3.36. The van der Waals surface area contributed by atoms with Crippen LogP contribution < -0.4 is 5.32 Å². The molecule has 0 aliphatic heterocycles. The standard InChI is InChI=1S/C25H34N2O6S2/c28-16-21(29)22-15-26-25(34-22)27-24(30)23(33-18-7-3-1-4-8-18)17-11-13-20(14-12-17)35(31,32)19-9-5-2-6-10-19/h11-15,18-19,21,23,28-29H,1-10,16H2,(H,26,27,30). The first-order chi connectivity index (χ1) is 16.9. The lowest BCUT2D eigenvalue weighted by molar-refractivity contribution is -0.133. The maximum absolute atomic E-state index is 13.3. The minimum atomic E-state index is -3.40. The van der Waals surface area contributed by atoms with Gasteiger partial charge in [0, 0.05) is 6.20 Å². The molecule has 2 atom stereocenters. The van der Waals surface area contributed by atoms with Gasteiger partial charge in [-0.15, -0.1) is 0 Å². The summed E-state index contributed by atoms with van der Waals surface area (Å²) in [6.07, 6.45) is 8.76. The van der Waals surface area contributed by atoms with Crippen LogP contribution in [0.25, 0.3) is 0 Å². The molecule has 2 aromatic rings. The van der Waals surface area contributed by atoms with Crippen molar-refractivity contribution in [1.82, 2.24) is 4.98 Å². The van der Waals surface area contributed by atoms with Gasteiger partial charge in [-0.25, -0.2) is 13.4 Å². The third kappa shape index (κ3) is 6.48. The van der Waals surface area contributed by atoms with E-state index in [1.807, 2.05) is 0 Å². The maximum Gasteiger partial charge on any atom is 0.259 e. The summed E-state index contributed by atoms with van der Waals surface area (Å²) in [5.41, 5.74) is 0.586. The van der Waals surface area contributed by atoms with Gasteiger partial charge in [-0.3, -0.25) is 10.1 Å². The highest BCUT2D eigenvalue weighted by atomic mass is 32.2. The highest BCUT2D eigenvalue weighted by molar-refractivity contribution is 7.92. The molecular formula is C25H34N2O6S2. The molecule has 4 rings (SSSR count). The predicted octanol–water partition coefficient (Wildman–Crippen LogP) is 4.30. The Morgan fingerprint density at radius 2 is 1.69 bits per heavy atom. The van der Waals surface area contributed by atoms with Gasteiger partial charge in [0.15, 0.2) is 21.1 Å². The number of nitrogens with zero attached hydrogens (tertiary/aromatic N) is 1. The van der Waals surface area contributed by atoms with Crippen LogP contribution in [0.4, 0.5) is 5.13 Å². The number of rotatable bonds is 9. The number of hydrogen-bond acceptors (Lipinski definition) is 8. The summed E-state index contributed by atoms with van der Waals surface area (Å²) in [4.78, 5) is 18.1. The molecule has 10 heteroatoms. The molecule has 2 saturated carbocycles. The van der Waals surface area contributed by atoms with Crippen LogP contribution >= 0.6 is 11.3 Å². The molecule has 0 radical (unpaired) electrons. The highest BCUT2D eigenvalue weighted by Gasteiger charge is 2.31. The zero-order valence-corrected chi connectivity index (χ0v) is 21.4. The van der Waals surface area contributed by atoms with Crippen molar-refractivity contribution in [3.63, 3.8) is 0 Å². The van der Waals surface area contributed by atoms with Crippen molar-refractivity contribution >= 4 is 32.2 Å². The first-order valence-electron chi connectivity index (χ1n) is 12.4. The average molecular weight is 523 g/mol. The first kappa shape index (κ1) is 26.2. The van der Waals surface area contributed by atoms with Crippen LogP contribution in [0.5, 0.6) is 0 Å². The highest BCUT2D eigenvalue weighted by Crippen LogP contribution is 2.32. The largest absolute Gasteiger partial charge is 0.393 e. The molecule has 3 N–H and O–H groups in total. The molecule has 1 heterocycles. The van der Waals surface area contributed by atoms with Crippen molar-refractivity contribution in [2.45, 2.75) is 92.7 Å². The molecule has 2 fully saturated rings. The SMILES string of the molecule is O=C(Nc1ncc(C(O)CO)s1)C(OC1CCCCC1)c1ccc(S(=O)(=O)C2CCCCC2)cc1. The number of anilines is 1. The Hall–Kier alpha value is -1.85. The number of aliphatic hydroxyl groups is 2. The summed E-state index contributed by atoms with van der Waals surface area (Å²) < 4.78 is 32.4. The molecule has 0 bridgehead atoms. The van der Waals surface area contributed by atoms with E-state index in [0.29, 0.717) is 28.4 Å². The molecule has 0 spiro atoms. The van der Waals surface area contributed by atoms with E-state index in [0.717, 1.165) is 62.7 Å². The van der Waals surface area contributed by atoms with Gasteiger partial charge in [-0.2, -0.15) is 0 Å². The van der Waals surface area contributed by atoms with E-state index >= 15 is 0 Å².